The maximum atomic E-state index is 9.15. The third-order valence-electron chi connectivity index (χ3n) is 10.4. The van der Waals surface area contributed by atoms with Crippen LogP contribution in [0, 0.1) is 11.3 Å². The number of nitrogens with zero attached hydrogens (tertiary/aromatic N) is 3. The molecule has 0 amide bonds. The van der Waals surface area contributed by atoms with Gasteiger partial charge in [0.15, 0.2) is 0 Å². The fourth-order valence-electron chi connectivity index (χ4n) is 7.83. The smallest absolute Gasteiger partial charge is 0.0991 e. The Morgan fingerprint density at radius 1 is 0.308 bits per heavy atom. The van der Waals surface area contributed by atoms with Gasteiger partial charge in [0.2, 0.25) is 0 Å². The van der Waals surface area contributed by atoms with E-state index in [2.05, 4.69) is 179 Å². The first-order valence-electron chi connectivity index (χ1n) is 17.6. The van der Waals surface area contributed by atoms with Crippen LogP contribution in [0.15, 0.2) is 188 Å². The van der Waals surface area contributed by atoms with Crippen LogP contribution in [-0.4, -0.2) is 9.13 Å². The van der Waals surface area contributed by atoms with Crippen molar-refractivity contribution < 1.29 is 0 Å². The SMILES string of the molecule is N#Cc1ccc(-c2ccc(-c3ccc(-n4c5ccccc5c5ccc(-c6ccc7c(c6)c6ccccc6n7-c6ccccc6)cc54)cc3)cc2)cc1. The average molecular weight is 662 g/mol. The molecule has 2 heterocycles. The van der Waals surface area contributed by atoms with E-state index in [4.69, 9.17) is 5.26 Å². The van der Waals surface area contributed by atoms with E-state index in [1.807, 2.05) is 24.3 Å². The summed E-state index contributed by atoms with van der Waals surface area (Å²) in [5.74, 6) is 0. The van der Waals surface area contributed by atoms with Gasteiger partial charge in [-0.15, -0.1) is 0 Å². The number of benzene rings is 8. The van der Waals surface area contributed by atoms with E-state index in [9.17, 15) is 0 Å². The highest BCUT2D eigenvalue weighted by Crippen LogP contribution is 2.38. The molecule has 0 radical (unpaired) electrons. The molecular formula is C49H31N3. The zero-order chi connectivity index (χ0) is 34.6. The molecule has 52 heavy (non-hydrogen) atoms. The summed E-state index contributed by atoms with van der Waals surface area (Å²) in [7, 11) is 0. The van der Waals surface area contributed by atoms with Crippen LogP contribution in [-0.2, 0) is 0 Å². The molecule has 0 atom stereocenters. The quantitative estimate of drug-likeness (QED) is 0.181. The molecule has 0 fully saturated rings. The molecule has 0 unspecified atom stereocenters. The van der Waals surface area contributed by atoms with E-state index in [0.29, 0.717) is 5.56 Å². The Hall–Kier alpha value is -7.15. The van der Waals surface area contributed by atoms with Crippen molar-refractivity contribution in [3.63, 3.8) is 0 Å². The Morgan fingerprint density at radius 2 is 0.731 bits per heavy atom. The van der Waals surface area contributed by atoms with Gasteiger partial charge < -0.3 is 9.13 Å². The largest absolute Gasteiger partial charge is 0.309 e. The van der Waals surface area contributed by atoms with Crippen molar-refractivity contribution in [2.24, 2.45) is 0 Å². The van der Waals surface area contributed by atoms with Crippen molar-refractivity contribution in [1.82, 2.24) is 9.13 Å². The average Bonchev–Trinajstić information content (AvgIpc) is 3.73. The summed E-state index contributed by atoms with van der Waals surface area (Å²) in [6.45, 7) is 0. The number of fused-ring (bicyclic) bond motifs is 6. The van der Waals surface area contributed by atoms with Crippen molar-refractivity contribution in [2.75, 3.05) is 0 Å². The molecule has 2 aromatic heterocycles. The molecule has 0 bridgehead atoms. The van der Waals surface area contributed by atoms with Crippen molar-refractivity contribution >= 4 is 43.6 Å². The van der Waals surface area contributed by atoms with Crippen LogP contribution in [0.1, 0.15) is 5.56 Å². The fourth-order valence-corrected chi connectivity index (χ4v) is 7.83. The summed E-state index contributed by atoms with van der Waals surface area (Å²) in [6, 6.07) is 69.2. The maximum absolute atomic E-state index is 9.15. The van der Waals surface area contributed by atoms with Crippen LogP contribution in [0.5, 0.6) is 0 Å². The highest BCUT2D eigenvalue weighted by Gasteiger charge is 2.16. The van der Waals surface area contributed by atoms with Gasteiger partial charge in [0.25, 0.3) is 0 Å². The third-order valence-corrected chi connectivity index (χ3v) is 10.4. The molecule has 3 heteroatoms. The number of nitriles is 1. The Kier molecular flexibility index (Phi) is 6.87. The molecule has 10 rings (SSSR count). The van der Waals surface area contributed by atoms with Gasteiger partial charge in [0.05, 0.1) is 33.7 Å². The van der Waals surface area contributed by atoms with Crippen LogP contribution in [0.25, 0.3) is 88.4 Å². The number of hydrogen-bond acceptors (Lipinski definition) is 1. The van der Waals surface area contributed by atoms with Crippen LogP contribution in [0.3, 0.4) is 0 Å². The van der Waals surface area contributed by atoms with Crippen molar-refractivity contribution in [3.8, 4) is 50.8 Å². The highest BCUT2D eigenvalue weighted by molar-refractivity contribution is 6.12. The molecule has 0 aliphatic carbocycles. The lowest BCUT2D eigenvalue weighted by atomic mass is 9.99. The Balaban J connectivity index is 1.05. The van der Waals surface area contributed by atoms with Crippen molar-refractivity contribution in [1.29, 1.82) is 5.26 Å². The topological polar surface area (TPSA) is 33.6 Å². The Bertz CT molecular complexity index is 2980. The standard InChI is InChI=1S/C49H31N3/c50-32-33-14-16-34(17-15-33)35-18-20-36(21-19-35)37-22-26-41(27-23-37)52-46-12-6-4-10-42(46)44-28-24-39(31-49(44)52)38-25-29-48-45(30-38)43-11-5-7-13-47(43)51(48)40-8-2-1-3-9-40/h1-31H. The summed E-state index contributed by atoms with van der Waals surface area (Å²) in [4.78, 5) is 0. The van der Waals surface area contributed by atoms with Crippen molar-refractivity contribution in [3.05, 3.63) is 194 Å². The summed E-state index contributed by atoms with van der Waals surface area (Å²) < 4.78 is 4.76. The molecule has 0 N–H and O–H groups in total. The molecule has 10 aromatic rings. The van der Waals surface area contributed by atoms with Gasteiger partial charge in [0.1, 0.15) is 0 Å². The van der Waals surface area contributed by atoms with Crippen LogP contribution >= 0.6 is 0 Å². The van der Waals surface area contributed by atoms with E-state index in [1.165, 1.54) is 66.0 Å². The first-order valence-corrected chi connectivity index (χ1v) is 17.6. The normalized spacial score (nSPS) is 11.4. The molecule has 242 valence electrons. The van der Waals surface area contributed by atoms with E-state index in [-0.39, 0.29) is 0 Å². The second-order valence-corrected chi connectivity index (χ2v) is 13.3. The van der Waals surface area contributed by atoms with Gasteiger partial charge in [0, 0.05) is 32.9 Å². The minimum Gasteiger partial charge on any atom is -0.309 e. The number of para-hydroxylation sites is 3. The number of hydrogen-bond donors (Lipinski definition) is 0. The Morgan fingerprint density at radius 3 is 1.37 bits per heavy atom. The van der Waals surface area contributed by atoms with Gasteiger partial charge in [-0.1, -0.05) is 121 Å². The second-order valence-electron chi connectivity index (χ2n) is 13.3. The highest BCUT2D eigenvalue weighted by atomic mass is 15.0. The van der Waals surface area contributed by atoms with Crippen molar-refractivity contribution in [2.45, 2.75) is 0 Å². The Labute approximate surface area is 301 Å². The molecule has 0 spiro atoms. The van der Waals surface area contributed by atoms with Gasteiger partial charge in [-0.3, -0.25) is 0 Å². The van der Waals surface area contributed by atoms with Gasteiger partial charge >= 0.3 is 0 Å². The second kappa shape index (κ2) is 12.0. The monoisotopic (exact) mass is 661 g/mol. The molecular weight excluding hydrogens is 631 g/mol. The lowest BCUT2D eigenvalue weighted by Gasteiger charge is -2.11. The lowest BCUT2D eigenvalue weighted by Crippen LogP contribution is -1.94. The van der Waals surface area contributed by atoms with E-state index in [0.717, 1.165) is 22.4 Å². The molecule has 8 aromatic carbocycles. The number of aromatic nitrogens is 2. The summed E-state index contributed by atoms with van der Waals surface area (Å²) in [6.07, 6.45) is 0. The fraction of sp³-hybridized carbons (Fsp3) is 0. The predicted molar refractivity (Wildman–Crippen MR) is 216 cm³/mol. The summed E-state index contributed by atoms with van der Waals surface area (Å²) in [5, 5.41) is 14.1. The molecule has 3 nitrogen and oxygen atoms in total. The molecule has 0 aliphatic rings. The predicted octanol–water partition coefficient (Wildman–Crippen LogP) is 12.8. The zero-order valence-corrected chi connectivity index (χ0v) is 28.2. The van der Waals surface area contributed by atoms with E-state index >= 15 is 0 Å². The minimum atomic E-state index is 0.671. The maximum Gasteiger partial charge on any atom is 0.0991 e. The van der Waals surface area contributed by atoms with Gasteiger partial charge in [-0.25, -0.2) is 0 Å². The van der Waals surface area contributed by atoms with Gasteiger partial charge in [-0.05, 0) is 100 Å². The van der Waals surface area contributed by atoms with Gasteiger partial charge in [-0.2, -0.15) is 5.26 Å². The molecule has 0 saturated heterocycles. The van der Waals surface area contributed by atoms with Crippen LogP contribution < -0.4 is 0 Å². The molecule has 0 aliphatic heterocycles. The lowest BCUT2D eigenvalue weighted by molar-refractivity contribution is 1.18. The summed E-state index contributed by atoms with van der Waals surface area (Å²) in [5.41, 5.74) is 14.7. The van der Waals surface area contributed by atoms with E-state index < -0.39 is 0 Å². The minimum absolute atomic E-state index is 0.671. The first kappa shape index (κ1) is 29.7. The zero-order valence-electron chi connectivity index (χ0n) is 28.2. The summed E-state index contributed by atoms with van der Waals surface area (Å²) >= 11 is 0. The van der Waals surface area contributed by atoms with E-state index in [1.54, 1.807) is 0 Å². The van der Waals surface area contributed by atoms with Crippen LogP contribution in [0.2, 0.25) is 0 Å². The third kappa shape index (κ3) is 4.81. The molecule has 0 saturated carbocycles. The first-order chi connectivity index (χ1) is 25.7. The van der Waals surface area contributed by atoms with Crippen LogP contribution in [0.4, 0.5) is 0 Å². The number of rotatable bonds is 5.